The van der Waals surface area contributed by atoms with Crippen molar-refractivity contribution in [3.05, 3.63) is 29.0 Å². The van der Waals surface area contributed by atoms with Crippen LogP contribution >= 0.6 is 23.4 Å². The molecule has 1 fully saturated rings. The van der Waals surface area contributed by atoms with Crippen molar-refractivity contribution in [2.75, 3.05) is 18.6 Å². The third kappa shape index (κ3) is 3.10. The predicted molar refractivity (Wildman–Crippen MR) is 66.4 cm³/mol. The highest BCUT2D eigenvalue weighted by molar-refractivity contribution is 7.99. The van der Waals surface area contributed by atoms with Crippen LogP contribution in [0.5, 0.6) is 0 Å². The third-order valence-electron chi connectivity index (χ3n) is 2.75. The van der Waals surface area contributed by atoms with Gasteiger partial charge in [-0.3, -0.25) is 4.90 Å². The van der Waals surface area contributed by atoms with Crippen LogP contribution in [0.25, 0.3) is 0 Å². The minimum atomic E-state index is 0.585. The second kappa shape index (κ2) is 5.19. The zero-order valence-electron chi connectivity index (χ0n) is 8.82. The molecule has 1 aromatic heterocycles. The molecule has 2 nitrogen and oxygen atoms in total. The molecule has 1 saturated heterocycles. The van der Waals surface area contributed by atoms with Crippen molar-refractivity contribution in [3.63, 3.8) is 0 Å². The summed E-state index contributed by atoms with van der Waals surface area (Å²) in [7, 11) is 2.19. The first-order valence-corrected chi connectivity index (χ1v) is 6.67. The first-order valence-electron chi connectivity index (χ1n) is 5.14. The van der Waals surface area contributed by atoms with Gasteiger partial charge < -0.3 is 0 Å². The van der Waals surface area contributed by atoms with Crippen molar-refractivity contribution >= 4 is 23.4 Å². The molecular formula is C11H15ClN2S. The van der Waals surface area contributed by atoms with Crippen molar-refractivity contribution in [2.24, 2.45) is 0 Å². The van der Waals surface area contributed by atoms with Crippen LogP contribution in [0.15, 0.2) is 18.3 Å². The third-order valence-corrected chi connectivity index (χ3v) is 4.10. The summed E-state index contributed by atoms with van der Waals surface area (Å²) in [6, 6.07) is 4.70. The van der Waals surface area contributed by atoms with Gasteiger partial charge in [0.1, 0.15) is 5.15 Å². The number of halogens is 1. The molecule has 0 saturated carbocycles. The zero-order valence-corrected chi connectivity index (χ0v) is 10.4. The number of thioether (sulfide) groups is 1. The molecule has 0 aromatic carbocycles. The van der Waals surface area contributed by atoms with Gasteiger partial charge in [-0.05, 0) is 36.9 Å². The van der Waals surface area contributed by atoms with Gasteiger partial charge in [-0.1, -0.05) is 11.6 Å². The molecular weight excluding hydrogens is 228 g/mol. The van der Waals surface area contributed by atoms with E-state index in [0.717, 1.165) is 12.6 Å². The molecule has 1 atom stereocenters. The van der Waals surface area contributed by atoms with Gasteiger partial charge in [0.15, 0.2) is 0 Å². The Balaban J connectivity index is 1.95. The van der Waals surface area contributed by atoms with E-state index in [9.17, 15) is 0 Å². The lowest BCUT2D eigenvalue weighted by Crippen LogP contribution is -2.30. The smallest absolute Gasteiger partial charge is 0.129 e. The van der Waals surface area contributed by atoms with E-state index < -0.39 is 0 Å². The molecule has 0 aliphatic carbocycles. The van der Waals surface area contributed by atoms with Crippen molar-refractivity contribution in [3.8, 4) is 0 Å². The molecule has 82 valence electrons. The van der Waals surface area contributed by atoms with Gasteiger partial charge in [-0.2, -0.15) is 11.8 Å². The minimum Gasteiger partial charge on any atom is -0.298 e. The summed E-state index contributed by atoms with van der Waals surface area (Å²) in [5.74, 6) is 2.56. The van der Waals surface area contributed by atoms with Gasteiger partial charge in [0, 0.05) is 24.5 Å². The molecule has 15 heavy (non-hydrogen) atoms. The summed E-state index contributed by atoms with van der Waals surface area (Å²) in [6.07, 6.45) is 3.08. The van der Waals surface area contributed by atoms with E-state index in [1.54, 1.807) is 6.20 Å². The van der Waals surface area contributed by atoms with Crippen LogP contribution in [0.4, 0.5) is 0 Å². The standard InChI is InChI=1S/C11H15ClN2S/c1-14(10-3-5-15-8-10)7-9-2-4-13-11(12)6-9/h2,4,6,10H,3,5,7-8H2,1H3. The maximum absolute atomic E-state index is 5.85. The van der Waals surface area contributed by atoms with Crippen LogP contribution in [-0.4, -0.2) is 34.5 Å². The zero-order chi connectivity index (χ0) is 10.7. The van der Waals surface area contributed by atoms with Crippen molar-refractivity contribution in [1.82, 2.24) is 9.88 Å². The number of rotatable bonds is 3. The minimum absolute atomic E-state index is 0.585. The highest BCUT2D eigenvalue weighted by Crippen LogP contribution is 2.22. The molecule has 0 N–H and O–H groups in total. The summed E-state index contributed by atoms with van der Waals surface area (Å²) in [6.45, 7) is 0.966. The summed E-state index contributed by atoms with van der Waals surface area (Å²) < 4.78 is 0. The quantitative estimate of drug-likeness (QED) is 0.759. The Labute approximate surface area is 100 Å². The highest BCUT2D eigenvalue weighted by Gasteiger charge is 2.19. The van der Waals surface area contributed by atoms with E-state index in [0.29, 0.717) is 5.15 Å². The SMILES string of the molecule is CN(Cc1ccnc(Cl)c1)C1CCSC1. The predicted octanol–water partition coefficient (Wildman–Crippen LogP) is 2.67. The van der Waals surface area contributed by atoms with Crippen LogP contribution in [0.3, 0.4) is 0 Å². The molecule has 0 bridgehead atoms. The lowest BCUT2D eigenvalue weighted by atomic mass is 10.2. The molecule has 2 rings (SSSR count). The van der Waals surface area contributed by atoms with Gasteiger partial charge >= 0.3 is 0 Å². The maximum atomic E-state index is 5.85. The van der Waals surface area contributed by atoms with Crippen LogP contribution in [0.2, 0.25) is 5.15 Å². The Bertz CT molecular complexity index is 326. The average Bonchev–Trinajstić information content (AvgIpc) is 2.70. The molecule has 2 heterocycles. The maximum Gasteiger partial charge on any atom is 0.129 e. The molecule has 4 heteroatoms. The second-order valence-corrected chi connectivity index (χ2v) is 5.46. The fraction of sp³-hybridized carbons (Fsp3) is 0.545. The molecule has 1 unspecified atom stereocenters. The number of hydrogen-bond acceptors (Lipinski definition) is 3. The van der Waals surface area contributed by atoms with E-state index in [4.69, 9.17) is 11.6 Å². The second-order valence-electron chi connectivity index (χ2n) is 3.92. The van der Waals surface area contributed by atoms with Crippen LogP contribution in [0, 0.1) is 0 Å². The van der Waals surface area contributed by atoms with E-state index in [2.05, 4.69) is 16.9 Å². The highest BCUT2D eigenvalue weighted by atomic mass is 35.5. The topological polar surface area (TPSA) is 16.1 Å². The number of nitrogens with zero attached hydrogens (tertiary/aromatic N) is 2. The van der Waals surface area contributed by atoms with E-state index in [1.807, 2.05) is 23.9 Å². The summed E-state index contributed by atoms with van der Waals surface area (Å²) >= 11 is 7.90. The summed E-state index contributed by atoms with van der Waals surface area (Å²) in [5, 5.41) is 0.585. The fourth-order valence-corrected chi connectivity index (χ4v) is 3.32. The number of hydrogen-bond donors (Lipinski definition) is 0. The average molecular weight is 243 g/mol. The Hall–Kier alpha value is -0.250. The first kappa shape index (κ1) is 11.2. The Morgan fingerprint density at radius 2 is 2.53 bits per heavy atom. The van der Waals surface area contributed by atoms with Crippen LogP contribution < -0.4 is 0 Å². The fourth-order valence-electron chi connectivity index (χ4n) is 1.83. The molecule has 0 amide bonds. The van der Waals surface area contributed by atoms with Crippen molar-refractivity contribution in [2.45, 2.75) is 19.0 Å². The summed E-state index contributed by atoms with van der Waals surface area (Å²) in [4.78, 5) is 6.40. The van der Waals surface area contributed by atoms with E-state index >= 15 is 0 Å². The molecule has 0 radical (unpaired) electrons. The van der Waals surface area contributed by atoms with Gasteiger partial charge in [0.2, 0.25) is 0 Å². The van der Waals surface area contributed by atoms with Gasteiger partial charge in [0.05, 0.1) is 0 Å². The normalized spacial score (nSPS) is 21.1. The Morgan fingerprint density at radius 3 is 3.20 bits per heavy atom. The number of pyridine rings is 1. The van der Waals surface area contributed by atoms with E-state index in [1.165, 1.54) is 23.5 Å². The lowest BCUT2D eigenvalue weighted by molar-refractivity contribution is 0.254. The van der Waals surface area contributed by atoms with Crippen LogP contribution in [-0.2, 0) is 6.54 Å². The Kier molecular flexibility index (Phi) is 3.89. The molecule has 0 spiro atoms. The summed E-state index contributed by atoms with van der Waals surface area (Å²) in [5.41, 5.74) is 1.24. The molecule has 1 aliphatic heterocycles. The largest absolute Gasteiger partial charge is 0.298 e. The van der Waals surface area contributed by atoms with Crippen molar-refractivity contribution in [1.29, 1.82) is 0 Å². The lowest BCUT2D eigenvalue weighted by Gasteiger charge is -2.23. The number of aromatic nitrogens is 1. The van der Waals surface area contributed by atoms with Crippen LogP contribution in [0.1, 0.15) is 12.0 Å². The van der Waals surface area contributed by atoms with Gasteiger partial charge in [-0.15, -0.1) is 0 Å². The Morgan fingerprint density at radius 1 is 1.67 bits per heavy atom. The monoisotopic (exact) mass is 242 g/mol. The van der Waals surface area contributed by atoms with E-state index in [-0.39, 0.29) is 0 Å². The first-order chi connectivity index (χ1) is 7.25. The van der Waals surface area contributed by atoms with Gasteiger partial charge in [0.25, 0.3) is 0 Å². The molecule has 1 aromatic rings. The van der Waals surface area contributed by atoms with Crippen molar-refractivity contribution < 1.29 is 0 Å². The van der Waals surface area contributed by atoms with Gasteiger partial charge in [-0.25, -0.2) is 4.98 Å². The molecule has 1 aliphatic rings.